The van der Waals surface area contributed by atoms with Crippen LogP contribution in [0.3, 0.4) is 0 Å². The van der Waals surface area contributed by atoms with Gasteiger partial charge in [0, 0.05) is 32.2 Å². The number of hydrogen-bond donors (Lipinski definition) is 0. The predicted molar refractivity (Wildman–Crippen MR) is 122 cm³/mol. The lowest BCUT2D eigenvalue weighted by molar-refractivity contribution is 0.0666. The van der Waals surface area contributed by atoms with E-state index in [1.165, 1.54) is 15.3 Å². The fraction of sp³-hybridized carbons (Fsp3) is 0.333. The van der Waals surface area contributed by atoms with Crippen LogP contribution in [0.1, 0.15) is 36.9 Å². The number of para-hydroxylation sites is 1. The van der Waals surface area contributed by atoms with E-state index in [-0.39, 0.29) is 47.7 Å². The molecular weight excluding hydrogens is 428 g/mol. The zero-order valence-corrected chi connectivity index (χ0v) is 19.2. The molecule has 2 heterocycles. The summed E-state index contributed by atoms with van der Waals surface area (Å²) in [7, 11) is -3.65. The van der Waals surface area contributed by atoms with Gasteiger partial charge in [-0.25, -0.2) is 8.42 Å². The summed E-state index contributed by atoms with van der Waals surface area (Å²) >= 11 is 0. The van der Waals surface area contributed by atoms with Crippen molar-refractivity contribution in [1.29, 1.82) is 0 Å². The highest BCUT2D eigenvalue weighted by molar-refractivity contribution is 7.89. The number of fused-ring (bicyclic) bond motifs is 1. The Kier molecular flexibility index (Phi) is 5.68. The summed E-state index contributed by atoms with van der Waals surface area (Å²) in [6, 6.07) is 14.9. The summed E-state index contributed by atoms with van der Waals surface area (Å²) < 4.78 is 33.1. The zero-order chi connectivity index (χ0) is 23.1. The second kappa shape index (κ2) is 8.18. The number of benzene rings is 2. The van der Waals surface area contributed by atoms with Crippen LogP contribution in [0.5, 0.6) is 0 Å². The molecule has 1 aromatic heterocycles. The van der Waals surface area contributed by atoms with Crippen LogP contribution in [0.25, 0.3) is 11.0 Å². The van der Waals surface area contributed by atoms with Crippen LogP contribution >= 0.6 is 0 Å². The van der Waals surface area contributed by atoms with Gasteiger partial charge in [-0.1, -0.05) is 45.0 Å². The average molecular weight is 455 g/mol. The number of amides is 1. The third-order valence-corrected chi connectivity index (χ3v) is 7.64. The number of piperazine rings is 1. The summed E-state index contributed by atoms with van der Waals surface area (Å²) in [5, 5.41) is 0.414. The van der Waals surface area contributed by atoms with Crippen LogP contribution in [0.15, 0.2) is 68.7 Å². The van der Waals surface area contributed by atoms with Gasteiger partial charge in [0.25, 0.3) is 5.91 Å². The molecule has 0 bridgehead atoms. The molecule has 1 aliphatic rings. The fourth-order valence-corrected chi connectivity index (χ4v) is 5.19. The smallest absolute Gasteiger partial charge is 0.289 e. The monoisotopic (exact) mass is 454 g/mol. The maximum Gasteiger partial charge on any atom is 0.289 e. The van der Waals surface area contributed by atoms with Crippen LogP contribution in [0, 0.1) is 0 Å². The lowest BCUT2D eigenvalue weighted by atomic mass is 9.87. The summed E-state index contributed by atoms with van der Waals surface area (Å²) in [5.74, 6) is -0.456. The van der Waals surface area contributed by atoms with Crippen molar-refractivity contribution >= 4 is 26.9 Å². The first-order valence-corrected chi connectivity index (χ1v) is 11.9. The molecule has 0 N–H and O–H groups in total. The molecule has 2 aromatic carbocycles. The predicted octanol–water partition coefficient (Wildman–Crippen LogP) is 3.24. The maximum atomic E-state index is 13.0. The first kappa shape index (κ1) is 22.2. The molecule has 0 saturated carbocycles. The van der Waals surface area contributed by atoms with Crippen LogP contribution < -0.4 is 5.43 Å². The summed E-state index contributed by atoms with van der Waals surface area (Å²) in [6.45, 7) is 7.00. The maximum absolute atomic E-state index is 13.0. The largest absolute Gasteiger partial charge is 0.451 e. The topological polar surface area (TPSA) is 87.9 Å². The minimum Gasteiger partial charge on any atom is -0.451 e. The van der Waals surface area contributed by atoms with Crippen LogP contribution in [0.2, 0.25) is 0 Å². The average Bonchev–Trinajstić information content (AvgIpc) is 2.78. The van der Waals surface area contributed by atoms with Crippen molar-refractivity contribution < 1.29 is 17.6 Å². The van der Waals surface area contributed by atoms with Crippen molar-refractivity contribution in [3.63, 3.8) is 0 Å². The lowest BCUT2D eigenvalue weighted by Crippen LogP contribution is -2.50. The number of sulfonamides is 1. The number of rotatable bonds is 3. The Morgan fingerprint density at radius 1 is 0.938 bits per heavy atom. The third-order valence-electron chi connectivity index (χ3n) is 5.73. The van der Waals surface area contributed by atoms with Crippen LogP contribution in [0.4, 0.5) is 0 Å². The molecule has 0 spiro atoms. The molecule has 1 aliphatic heterocycles. The highest BCUT2D eigenvalue weighted by Gasteiger charge is 2.31. The molecule has 0 atom stereocenters. The van der Waals surface area contributed by atoms with E-state index in [1.54, 1.807) is 36.4 Å². The first-order chi connectivity index (χ1) is 15.1. The quantitative estimate of drug-likeness (QED) is 0.606. The summed E-state index contributed by atoms with van der Waals surface area (Å²) in [5.41, 5.74) is 1.06. The van der Waals surface area contributed by atoms with Gasteiger partial charge in [0.15, 0.2) is 11.2 Å². The molecule has 8 heteroatoms. The summed E-state index contributed by atoms with van der Waals surface area (Å²) in [4.78, 5) is 26.9. The molecule has 168 valence electrons. The highest BCUT2D eigenvalue weighted by atomic mass is 32.2. The Balaban J connectivity index is 1.48. The Morgan fingerprint density at radius 3 is 2.19 bits per heavy atom. The van der Waals surface area contributed by atoms with Gasteiger partial charge in [0.1, 0.15) is 5.58 Å². The zero-order valence-electron chi connectivity index (χ0n) is 18.4. The van der Waals surface area contributed by atoms with E-state index in [2.05, 4.69) is 20.8 Å². The van der Waals surface area contributed by atoms with E-state index in [0.717, 1.165) is 5.56 Å². The number of nitrogens with zero attached hydrogens (tertiary/aromatic N) is 2. The van der Waals surface area contributed by atoms with Gasteiger partial charge in [0.2, 0.25) is 10.0 Å². The number of hydrogen-bond acceptors (Lipinski definition) is 5. The molecule has 1 fully saturated rings. The van der Waals surface area contributed by atoms with Gasteiger partial charge < -0.3 is 9.32 Å². The fourth-order valence-electron chi connectivity index (χ4n) is 3.77. The molecular formula is C24H26N2O5S. The Bertz CT molecular complexity index is 1310. The normalized spacial score (nSPS) is 15.8. The third kappa shape index (κ3) is 4.20. The van der Waals surface area contributed by atoms with Crippen LogP contribution in [-0.2, 0) is 15.4 Å². The standard InChI is InChI=1S/C24H26N2O5S/c1-24(2,3)17-8-10-18(11-9-17)32(29,30)26-14-12-25(13-15-26)23(28)22-16-20(27)19-6-4-5-7-21(19)31-22/h4-11,16H,12-15H2,1-3H3. The van der Waals surface area contributed by atoms with E-state index in [1.807, 2.05) is 12.1 Å². The van der Waals surface area contributed by atoms with Gasteiger partial charge in [-0.3, -0.25) is 9.59 Å². The van der Waals surface area contributed by atoms with Crippen molar-refractivity contribution in [2.45, 2.75) is 31.1 Å². The summed E-state index contributed by atoms with van der Waals surface area (Å²) in [6.07, 6.45) is 0. The second-order valence-corrected chi connectivity index (χ2v) is 10.9. The van der Waals surface area contributed by atoms with E-state index < -0.39 is 15.9 Å². The van der Waals surface area contributed by atoms with Gasteiger partial charge in [0.05, 0.1) is 10.3 Å². The highest BCUT2D eigenvalue weighted by Crippen LogP contribution is 2.25. The lowest BCUT2D eigenvalue weighted by Gasteiger charge is -2.33. The molecule has 32 heavy (non-hydrogen) atoms. The molecule has 1 amide bonds. The molecule has 0 radical (unpaired) electrons. The minimum absolute atomic E-state index is 0.0391. The molecule has 1 saturated heterocycles. The Labute approximate surface area is 187 Å². The second-order valence-electron chi connectivity index (χ2n) is 8.94. The van der Waals surface area contributed by atoms with Gasteiger partial charge in [-0.2, -0.15) is 4.31 Å². The van der Waals surface area contributed by atoms with Crippen molar-refractivity contribution in [2.24, 2.45) is 0 Å². The van der Waals surface area contributed by atoms with Crippen molar-refractivity contribution in [3.05, 3.63) is 76.1 Å². The van der Waals surface area contributed by atoms with E-state index in [9.17, 15) is 18.0 Å². The van der Waals surface area contributed by atoms with E-state index in [0.29, 0.717) is 11.0 Å². The van der Waals surface area contributed by atoms with Crippen molar-refractivity contribution in [1.82, 2.24) is 9.21 Å². The number of carbonyl (C=O) groups is 1. The van der Waals surface area contributed by atoms with Crippen molar-refractivity contribution in [2.75, 3.05) is 26.2 Å². The van der Waals surface area contributed by atoms with Gasteiger partial charge in [-0.15, -0.1) is 0 Å². The van der Waals surface area contributed by atoms with E-state index >= 15 is 0 Å². The van der Waals surface area contributed by atoms with Gasteiger partial charge in [-0.05, 0) is 35.2 Å². The van der Waals surface area contributed by atoms with Gasteiger partial charge >= 0.3 is 0 Å². The first-order valence-electron chi connectivity index (χ1n) is 10.5. The molecule has 0 unspecified atom stereocenters. The minimum atomic E-state index is -3.65. The molecule has 0 aliphatic carbocycles. The molecule has 7 nitrogen and oxygen atoms in total. The Hall–Kier alpha value is -2.97. The molecule has 3 aromatic rings. The SMILES string of the molecule is CC(C)(C)c1ccc(S(=O)(=O)N2CCN(C(=O)c3cc(=O)c4ccccc4o3)CC2)cc1. The number of carbonyl (C=O) groups excluding carboxylic acids is 1. The molecule has 4 rings (SSSR count). The Morgan fingerprint density at radius 2 is 1.56 bits per heavy atom. The van der Waals surface area contributed by atoms with Crippen LogP contribution in [-0.4, -0.2) is 49.7 Å². The van der Waals surface area contributed by atoms with Crippen molar-refractivity contribution in [3.8, 4) is 0 Å². The van der Waals surface area contributed by atoms with E-state index in [4.69, 9.17) is 4.42 Å².